The number of rotatable bonds is 3. The number of nitro groups is 1. The van der Waals surface area contributed by atoms with Crippen LogP contribution in [0, 0.1) is 22.9 Å². The van der Waals surface area contributed by atoms with Crippen LogP contribution in [0.3, 0.4) is 0 Å². The van der Waals surface area contributed by atoms with Crippen LogP contribution < -0.4 is 0 Å². The second-order valence-corrected chi connectivity index (χ2v) is 3.07. The summed E-state index contributed by atoms with van der Waals surface area (Å²) < 4.78 is 13.2. The Labute approximate surface area is 90.0 Å². The summed E-state index contributed by atoms with van der Waals surface area (Å²) in [7, 11) is 0. The van der Waals surface area contributed by atoms with E-state index in [9.17, 15) is 19.3 Å². The molecule has 0 spiro atoms. The fourth-order valence-electron chi connectivity index (χ4n) is 1.12. The summed E-state index contributed by atoms with van der Waals surface area (Å²) in [5.41, 5.74) is -0.0645. The zero-order chi connectivity index (χ0) is 12.3. The summed E-state index contributed by atoms with van der Waals surface area (Å²) in [6.45, 7) is 1.42. The van der Waals surface area contributed by atoms with Crippen molar-refractivity contribution in [2.75, 3.05) is 0 Å². The fourth-order valence-corrected chi connectivity index (χ4v) is 1.12. The quantitative estimate of drug-likeness (QED) is 0.485. The number of hydrogen-bond donors (Lipinski definition) is 1. The van der Waals surface area contributed by atoms with Crippen LogP contribution in [0.5, 0.6) is 0 Å². The molecule has 0 unspecified atom stereocenters. The number of benzene rings is 1. The van der Waals surface area contributed by atoms with E-state index in [2.05, 4.69) is 0 Å². The van der Waals surface area contributed by atoms with Gasteiger partial charge in [0, 0.05) is 12.1 Å². The molecular formula is C10H8FNO4. The zero-order valence-electron chi connectivity index (χ0n) is 8.31. The maximum atomic E-state index is 13.2. The van der Waals surface area contributed by atoms with Gasteiger partial charge in [0.1, 0.15) is 5.82 Å². The summed E-state index contributed by atoms with van der Waals surface area (Å²) in [6, 6.07) is 1.92. The molecule has 1 N–H and O–H groups in total. The third-order valence-corrected chi connectivity index (χ3v) is 1.99. The topological polar surface area (TPSA) is 80.4 Å². The number of hydrogen-bond acceptors (Lipinski definition) is 3. The van der Waals surface area contributed by atoms with E-state index in [0.29, 0.717) is 0 Å². The minimum absolute atomic E-state index is 0.170. The first kappa shape index (κ1) is 11.8. The van der Waals surface area contributed by atoms with Crippen molar-refractivity contribution in [3.8, 4) is 0 Å². The predicted molar refractivity (Wildman–Crippen MR) is 54.5 cm³/mol. The second kappa shape index (κ2) is 4.52. The van der Waals surface area contributed by atoms with Crippen molar-refractivity contribution in [3.05, 3.63) is 45.3 Å². The lowest BCUT2D eigenvalue weighted by Gasteiger charge is -2.01. The maximum Gasteiger partial charge on any atom is 0.328 e. The standard InChI is InChI=1S/C10H8FNO4/c1-6-7(2-3-10(13)14)4-8(12(15)16)5-9(6)11/h2-5H,1H3,(H,13,14)/b3-2+. The van der Waals surface area contributed by atoms with Crippen LogP contribution in [-0.4, -0.2) is 16.0 Å². The molecule has 0 bridgehead atoms. The van der Waals surface area contributed by atoms with Crippen LogP contribution in [0.2, 0.25) is 0 Å². The fraction of sp³-hybridized carbons (Fsp3) is 0.100. The van der Waals surface area contributed by atoms with E-state index in [1.54, 1.807) is 0 Å². The largest absolute Gasteiger partial charge is 0.478 e. The summed E-state index contributed by atoms with van der Waals surface area (Å²) in [6.07, 6.45) is 1.92. The van der Waals surface area contributed by atoms with Crippen LogP contribution in [0.15, 0.2) is 18.2 Å². The number of carbonyl (C=O) groups is 1. The third kappa shape index (κ3) is 2.63. The van der Waals surface area contributed by atoms with Gasteiger partial charge in [-0.2, -0.15) is 0 Å². The highest BCUT2D eigenvalue weighted by Gasteiger charge is 2.12. The molecule has 1 aromatic rings. The summed E-state index contributed by atoms with van der Waals surface area (Å²) >= 11 is 0. The van der Waals surface area contributed by atoms with Crippen molar-refractivity contribution in [2.45, 2.75) is 6.92 Å². The number of non-ortho nitro benzene ring substituents is 1. The molecule has 0 atom stereocenters. The number of nitro benzene ring substituents is 1. The molecule has 0 radical (unpaired) electrons. The molecule has 0 saturated heterocycles. The molecule has 0 fully saturated rings. The number of aliphatic carboxylic acids is 1. The average molecular weight is 225 g/mol. The zero-order valence-corrected chi connectivity index (χ0v) is 8.31. The summed E-state index contributed by atoms with van der Waals surface area (Å²) in [5.74, 6) is -1.94. The first-order valence-electron chi connectivity index (χ1n) is 4.27. The molecule has 0 heterocycles. The van der Waals surface area contributed by atoms with Crippen molar-refractivity contribution in [1.29, 1.82) is 0 Å². The maximum absolute atomic E-state index is 13.2. The lowest BCUT2D eigenvalue weighted by atomic mass is 10.1. The van der Waals surface area contributed by atoms with E-state index >= 15 is 0 Å². The average Bonchev–Trinajstić information content (AvgIpc) is 2.19. The first-order valence-corrected chi connectivity index (χ1v) is 4.27. The molecule has 0 aliphatic rings. The predicted octanol–water partition coefficient (Wildman–Crippen LogP) is 2.14. The van der Waals surface area contributed by atoms with Gasteiger partial charge in [-0.3, -0.25) is 10.1 Å². The third-order valence-electron chi connectivity index (χ3n) is 1.99. The molecule has 84 valence electrons. The van der Waals surface area contributed by atoms with Gasteiger partial charge >= 0.3 is 5.97 Å². The highest BCUT2D eigenvalue weighted by Crippen LogP contribution is 2.21. The van der Waals surface area contributed by atoms with E-state index in [1.807, 2.05) is 0 Å². The molecule has 1 rings (SSSR count). The van der Waals surface area contributed by atoms with E-state index in [4.69, 9.17) is 5.11 Å². The van der Waals surface area contributed by atoms with Gasteiger partial charge in [0.15, 0.2) is 0 Å². The van der Waals surface area contributed by atoms with Gasteiger partial charge in [-0.25, -0.2) is 9.18 Å². The Morgan fingerprint density at radius 2 is 2.19 bits per heavy atom. The molecule has 0 aromatic heterocycles. The Kier molecular flexibility index (Phi) is 3.34. The van der Waals surface area contributed by atoms with Crippen molar-refractivity contribution >= 4 is 17.7 Å². The number of halogens is 1. The Morgan fingerprint density at radius 1 is 1.56 bits per heavy atom. The highest BCUT2D eigenvalue weighted by molar-refractivity contribution is 5.85. The number of carboxylic acids is 1. The van der Waals surface area contributed by atoms with E-state index in [0.717, 1.165) is 24.3 Å². The smallest absolute Gasteiger partial charge is 0.328 e. The Hall–Kier alpha value is -2.24. The van der Waals surface area contributed by atoms with Gasteiger partial charge < -0.3 is 5.11 Å². The van der Waals surface area contributed by atoms with E-state index in [-0.39, 0.29) is 11.1 Å². The van der Waals surface area contributed by atoms with E-state index in [1.165, 1.54) is 6.92 Å². The lowest BCUT2D eigenvalue weighted by molar-refractivity contribution is -0.385. The van der Waals surface area contributed by atoms with Gasteiger partial charge in [0.25, 0.3) is 5.69 Å². The Bertz CT molecular complexity index is 482. The summed E-state index contributed by atoms with van der Waals surface area (Å²) in [5, 5.41) is 18.9. The highest BCUT2D eigenvalue weighted by atomic mass is 19.1. The molecule has 6 heteroatoms. The Morgan fingerprint density at radius 3 is 2.69 bits per heavy atom. The second-order valence-electron chi connectivity index (χ2n) is 3.07. The molecule has 0 aliphatic heterocycles. The van der Waals surface area contributed by atoms with Crippen LogP contribution >= 0.6 is 0 Å². The molecule has 1 aromatic carbocycles. The van der Waals surface area contributed by atoms with Crippen molar-refractivity contribution < 1.29 is 19.2 Å². The number of nitrogens with zero attached hydrogens (tertiary/aromatic N) is 1. The lowest BCUT2D eigenvalue weighted by Crippen LogP contribution is -1.95. The minimum Gasteiger partial charge on any atom is -0.478 e. The van der Waals surface area contributed by atoms with Crippen LogP contribution in [-0.2, 0) is 4.79 Å². The first-order chi connectivity index (χ1) is 7.41. The minimum atomic E-state index is -1.20. The molecule has 16 heavy (non-hydrogen) atoms. The van der Waals surface area contributed by atoms with Crippen molar-refractivity contribution in [2.24, 2.45) is 0 Å². The molecule has 0 saturated carbocycles. The van der Waals surface area contributed by atoms with Crippen LogP contribution in [0.25, 0.3) is 6.08 Å². The molecule has 5 nitrogen and oxygen atoms in total. The van der Waals surface area contributed by atoms with Gasteiger partial charge in [0.05, 0.1) is 11.0 Å². The van der Waals surface area contributed by atoms with Gasteiger partial charge in [-0.05, 0) is 24.1 Å². The van der Waals surface area contributed by atoms with Crippen LogP contribution in [0.4, 0.5) is 10.1 Å². The van der Waals surface area contributed by atoms with Gasteiger partial charge in [-0.15, -0.1) is 0 Å². The normalized spacial score (nSPS) is 10.6. The molecule has 0 amide bonds. The van der Waals surface area contributed by atoms with Gasteiger partial charge in [-0.1, -0.05) is 0 Å². The molecular weight excluding hydrogens is 217 g/mol. The monoisotopic (exact) mass is 225 g/mol. The van der Waals surface area contributed by atoms with Gasteiger partial charge in [0.2, 0.25) is 0 Å². The SMILES string of the molecule is Cc1c(F)cc([N+](=O)[O-])cc1/C=C/C(=O)O. The summed E-state index contributed by atoms with van der Waals surface area (Å²) in [4.78, 5) is 20.0. The van der Waals surface area contributed by atoms with Crippen molar-refractivity contribution in [1.82, 2.24) is 0 Å². The van der Waals surface area contributed by atoms with Crippen LogP contribution in [0.1, 0.15) is 11.1 Å². The molecule has 0 aliphatic carbocycles. The Balaban J connectivity index is 3.27. The van der Waals surface area contributed by atoms with E-state index < -0.39 is 22.4 Å². The number of carboxylic acid groups (broad SMARTS) is 1. The van der Waals surface area contributed by atoms with Crippen molar-refractivity contribution in [3.63, 3.8) is 0 Å².